The molecule has 2 aromatic carbocycles. The molecule has 0 saturated carbocycles. The number of aromatic nitrogens is 1. The second kappa shape index (κ2) is 7.71. The summed E-state index contributed by atoms with van der Waals surface area (Å²) < 4.78 is 12.1. The van der Waals surface area contributed by atoms with Crippen molar-refractivity contribution in [3.63, 3.8) is 0 Å². The van der Waals surface area contributed by atoms with E-state index in [2.05, 4.69) is 78.7 Å². The van der Waals surface area contributed by atoms with Gasteiger partial charge >= 0.3 is 204 Å². The number of aryl methyl sites for hydroxylation is 2. The van der Waals surface area contributed by atoms with Crippen LogP contribution in [0.5, 0.6) is 0 Å². The first-order valence-corrected chi connectivity index (χ1v) is 18.5. The first-order chi connectivity index (χ1) is 16.4. The van der Waals surface area contributed by atoms with Gasteiger partial charge in [-0.3, -0.25) is 0 Å². The minimum atomic E-state index is -2.47. The molecule has 2 aromatic heterocycles. The van der Waals surface area contributed by atoms with Crippen molar-refractivity contribution in [2.75, 3.05) is 0 Å². The van der Waals surface area contributed by atoms with Crippen molar-refractivity contribution in [3.8, 4) is 17.3 Å². The van der Waals surface area contributed by atoms with E-state index in [-0.39, 0.29) is 0 Å². The third-order valence-corrected chi connectivity index (χ3v) is 16.0. The van der Waals surface area contributed by atoms with E-state index in [1.807, 2.05) is 12.1 Å². The minimum absolute atomic E-state index is 0.736. The van der Waals surface area contributed by atoms with Gasteiger partial charge in [0.15, 0.2) is 0 Å². The Bertz CT molecular complexity index is 1610. The van der Waals surface area contributed by atoms with E-state index in [0.717, 1.165) is 44.3 Å². The maximum atomic E-state index is 10.1. The molecule has 0 unspecified atom stereocenters. The van der Waals surface area contributed by atoms with Crippen molar-refractivity contribution < 1.29 is 8.98 Å². The fraction of sp³-hybridized carbons (Fsp3) is 0.267. The van der Waals surface area contributed by atoms with Crippen LogP contribution in [0.3, 0.4) is 0 Å². The van der Waals surface area contributed by atoms with Gasteiger partial charge in [-0.1, -0.05) is 0 Å². The van der Waals surface area contributed by atoms with Crippen molar-refractivity contribution in [2.24, 2.45) is 7.05 Å². The van der Waals surface area contributed by atoms with Crippen molar-refractivity contribution in [1.29, 1.82) is 5.26 Å². The van der Waals surface area contributed by atoms with Gasteiger partial charge in [-0.15, -0.1) is 0 Å². The van der Waals surface area contributed by atoms with Crippen LogP contribution in [0.4, 0.5) is 0 Å². The molecule has 0 atom stereocenters. The number of pyridine rings is 1. The number of rotatable bonds is 2. The number of allylic oxidation sites excluding steroid dienone is 3. The van der Waals surface area contributed by atoms with E-state index in [9.17, 15) is 5.26 Å². The molecule has 0 amide bonds. The standard InChI is InChI=1S/C30H29GeN2O/c1-19-12-14-22-23-15-13-21(18-32)28(25-17-20-9-5-6-10-24(20)31(25,2)3)30(23)34-29(22)27(19)26-11-7-8-16-33(26)4/h7-8,11-17H,5-6,9-10H2,1-4H3/q+1. The molecule has 4 aromatic rings. The van der Waals surface area contributed by atoms with Gasteiger partial charge in [0, 0.05) is 0 Å². The molecule has 0 bridgehead atoms. The first-order valence-electron chi connectivity index (χ1n) is 12.2. The van der Waals surface area contributed by atoms with Crippen molar-refractivity contribution in [1.82, 2.24) is 0 Å². The molecule has 168 valence electrons. The molecule has 3 nitrogen and oxygen atoms in total. The number of benzene rings is 2. The second-order valence-corrected chi connectivity index (χ2v) is 19.5. The summed E-state index contributed by atoms with van der Waals surface area (Å²) in [5.74, 6) is 5.00. The Labute approximate surface area is 203 Å². The molecular weight excluding hydrogens is 477 g/mol. The molecule has 0 N–H and O–H groups in total. The molecule has 3 heterocycles. The van der Waals surface area contributed by atoms with Gasteiger partial charge in [0.2, 0.25) is 0 Å². The van der Waals surface area contributed by atoms with Gasteiger partial charge in [-0.2, -0.15) is 0 Å². The van der Waals surface area contributed by atoms with Crippen LogP contribution in [0.2, 0.25) is 11.5 Å². The van der Waals surface area contributed by atoms with Crippen LogP contribution < -0.4 is 4.57 Å². The maximum absolute atomic E-state index is 10.1. The molecule has 0 saturated heterocycles. The quantitative estimate of drug-likeness (QED) is 0.211. The SMILES string of the molecule is Cc1ccc2c(oc3c([C]4=CC5=[C](CCCC5)[Ge]4([CH3])[CH3])c(C#N)ccc32)c1-c1cccc[n+]1C. The molecule has 0 radical (unpaired) electrons. The zero-order valence-corrected chi connectivity index (χ0v) is 22.4. The summed E-state index contributed by atoms with van der Waals surface area (Å²) in [6.45, 7) is 2.15. The summed E-state index contributed by atoms with van der Waals surface area (Å²) >= 11 is -2.47. The fourth-order valence-electron chi connectivity index (χ4n) is 6.17. The molecule has 0 spiro atoms. The Kier molecular flexibility index (Phi) is 4.86. The topological polar surface area (TPSA) is 40.8 Å². The summed E-state index contributed by atoms with van der Waals surface area (Å²) in [5, 5.41) is 12.4. The van der Waals surface area contributed by atoms with Gasteiger partial charge in [0.05, 0.1) is 0 Å². The number of hydrogen-bond donors (Lipinski definition) is 0. The molecular formula is C30H29GeN2O+. The zero-order valence-electron chi connectivity index (χ0n) is 20.3. The first kappa shape index (κ1) is 21.4. The molecule has 6 rings (SSSR count). The van der Waals surface area contributed by atoms with E-state index < -0.39 is 13.3 Å². The average Bonchev–Trinajstić information content (AvgIpc) is 3.33. The van der Waals surface area contributed by atoms with E-state index in [1.165, 1.54) is 35.7 Å². The summed E-state index contributed by atoms with van der Waals surface area (Å²) in [7, 11) is 2.07. The van der Waals surface area contributed by atoms with E-state index >= 15 is 0 Å². The number of furan rings is 1. The van der Waals surface area contributed by atoms with Gasteiger partial charge < -0.3 is 0 Å². The summed E-state index contributed by atoms with van der Waals surface area (Å²) in [6, 6.07) is 17.2. The van der Waals surface area contributed by atoms with E-state index in [1.54, 1.807) is 9.98 Å². The summed E-state index contributed by atoms with van der Waals surface area (Å²) in [6.07, 6.45) is 9.50. The van der Waals surface area contributed by atoms with Crippen molar-refractivity contribution >= 4 is 39.6 Å². The third kappa shape index (κ3) is 2.98. The summed E-state index contributed by atoms with van der Waals surface area (Å²) in [5.41, 5.74) is 8.57. The molecule has 1 aliphatic carbocycles. The molecule has 4 heteroatoms. The normalized spacial score (nSPS) is 17.2. The van der Waals surface area contributed by atoms with Crippen LogP contribution in [0.25, 0.3) is 37.6 Å². The van der Waals surface area contributed by atoms with Crippen LogP contribution in [-0.2, 0) is 7.05 Å². The average molecular weight is 506 g/mol. The number of fused-ring (bicyclic) bond motifs is 3. The van der Waals surface area contributed by atoms with Crippen molar-refractivity contribution in [2.45, 2.75) is 44.1 Å². The number of hydrogen-bond acceptors (Lipinski definition) is 2. The molecule has 2 aliphatic rings. The van der Waals surface area contributed by atoms with Gasteiger partial charge in [-0.25, -0.2) is 0 Å². The van der Waals surface area contributed by atoms with Crippen molar-refractivity contribution in [3.05, 3.63) is 81.4 Å². The molecule has 0 fully saturated rings. The van der Waals surface area contributed by atoms with Gasteiger partial charge in [0.1, 0.15) is 0 Å². The van der Waals surface area contributed by atoms with Crippen LogP contribution in [-0.4, -0.2) is 13.3 Å². The number of nitrogens with zero attached hydrogens (tertiary/aromatic N) is 2. The van der Waals surface area contributed by atoms with E-state index in [0.29, 0.717) is 0 Å². The Morgan fingerprint density at radius 2 is 1.68 bits per heavy atom. The van der Waals surface area contributed by atoms with E-state index in [4.69, 9.17) is 4.42 Å². The number of nitriles is 1. The van der Waals surface area contributed by atoms with Crippen LogP contribution in [0, 0.1) is 18.3 Å². The Balaban J connectivity index is 1.68. The van der Waals surface area contributed by atoms with Crippen LogP contribution in [0.15, 0.2) is 69.1 Å². The Hall–Kier alpha value is -3.10. The van der Waals surface area contributed by atoms with Gasteiger partial charge in [-0.05, 0) is 0 Å². The predicted octanol–water partition coefficient (Wildman–Crippen LogP) is 7.31. The third-order valence-electron chi connectivity index (χ3n) is 7.98. The molecule has 1 aliphatic heterocycles. The predicted molar refractivity (Wildman–Crippen MR) is 141 cm³/mol. The molecule has 34 heavy (non-hydrogen) atoms. The summed E-state index contributed by atoms with van der Waals surface area (Å²) in [4.78, 5) is 0. The second-order valence-electron chi connectivity index (χ2n) is 10.3. The fourth-order valence-corrected chi connectivity index (χ4v) is 13.6. The van der Waals surface area contributed by atoms with Gasteiger partial charge in [0.25, 0.3) is 0 Å². The monoisotopic (exact) mass is 507 g/mol. The Morgan fingerprint density at radius 3 is 2.41 bits per heavy atom. The van der Waals surface area contributed by atoms with Crippen LogP contribution >= 0.6 is 0 Å². The Morgan fingerprint density at radius 1 is 0.941 bits per heavy atom. The van der Waals surface area contributed by atoms with Crippen LogP contribution in [0.1, 0.15) is 42.4 Å². The zero-order chi connectivity index (χ0) is 23.6.